The standard InChI is InChI=1S/C12H21N3OS/c1-9(13)12-14-11(8-17-12)6-15-4-3-10(5-15)7-16-2/h8-10H,3-7,13H2,1-2H3. The summed E-state index contributed by atoms with van der Waals surface area (Å²) in [6.45, 7) is 6.08. The lowest BCUT2D eigenvalue weighted by Crippen LogP contribution is -2.21. The van der Waals surface area contributed by atoms with E-state index in [0.29, 0.717) is 5.92 Å². The number of methoxy groups -OCH3 is 1. The summed E-state index contributed by atoms with van der Waals surface area (Å²) in [5.41, 5.74) is 6.97. The van der Waals surface area contributed by atoms with E-state index in [1.54, 1.807) is 18.4 Å². The zero-order valence-electron chi connectivity index (χ0n) is 10.6. The van der Waals surface area contributed by atoms with Gasteiger partial charge in [0.15, 0.2) is 0 Å². The molecular weight excluding hydrogens is 234 g/mol. The van der Waals surface area contributed by atoms with Crippen molar-refractivity contribution in [3.8, 4) is 0 Å². The van der Waals surface area contributed by atoms with Crippen LogP contribution < -0.4 is 5.73 Å². The molecule has 2 N–H and O–H groups in total. The second-order valence-electron chi connectivity index (χ2n) is 4.81. The molecule has 0 bridgehead atoms. The summed E-state index contributed by atoms with van der Waals surface area (Å²) < 4.78 is 5.20. The van der Waals surface area contributed by atoms with Crippen molar-refractivity contribution in [1.82, 2.24) is 9.88 Å². The van der Waals surface area contributed by atoms with Crippen LogP contribution in [-0.2, 0) is 11.3 Å². The molecule has 0 spiro atoms. The molecule has 2 rings (SSSR count). The molecule has 0 amide bonds. The Labute approximate surface area is 107 Å². The van der Waals surface area contributed by atoms with Crippen LogP contribution in [0.25, 0.3) is 0 Å². The summed E-state index contributed by atoms with van der Waals surface area (Å²) in [7, 11) is 1.78. The Balaban J connectivity index is 1.85. The molecule has 96 valence electrons. The third kappa shape index (κ3) is 3.48. The molecule has 0 radical (unpaired) electrons. The molecule has 5 heteroatoms. The average Bonchev–Trinajstić information content (AvgIpc) is 2.89. The molecule has 1 aliphatic rings. The first-order valence-corrected chi connectivity index (χ1v) is 6.98. The molecule has 0 saturated carbocycles. The topological polar surface area (TPSA) is 51.4 Å². The van der Waals surface area contributed by atoms with Crippen molar-refractivity contribution in [1.29, 1.82) is 0 Å². The summed E-state index contributed by atoms with van der Waals surface area (Å²) in [6, 6.07) is 0.0496. The van der Waals surface area contributed by atoms with E-state index < -0.39 is 0 Å². The van der Waals surface area contributed by atoms with E-state index in [2.05, 4.69) is 15.3 Å². The smallest absolute Gasteiger partial charge is 0.109 e. The predicted molar refractivity (Wildman–Crippen MR) is 70.0 cm³/mol. The molecule has 1 aromatic heterocycles. The fourth-order valence-electron chi connectivity index (χ4n) is 2.26. The maximum absolute atomic E-state index is 5.81. The highest BCUT2D eigenvalue weighted by Gasteiger charge is 2.22. The number of nitrogens with two attached hydrogens (primary N) is 1. The van der Waals surface area contributed by atoms with E-state index in [0.717, 1.165) is 36.9 Å². The number of hydrogen-bond donors (Lipinski definition) is 1. The van der Waals surface area contributed by atoms with Crippen molar-refractivity contribution < 1.29 is 4.74 Å². The van der Waals surface area contributed by atoms with E-state index in [9.17, 15) is 0 Å². The highest BCUT2D eigenvalue weighted by Crippen LogP contribution is 2.21. The van der Waals surface area contributed by atoms with Crippen LogP contribution in [0.2, 0.25) is 0 Å². The van der Waals surface area contributed by atoms with Crippen LogP contribution in [0, 0.1) is 5.92 Å². The summed E-state index contributed by atoms with van der Waals surface area (Å²) in [5.74, 6) is 0.687. The van der Waals surface area contributed by atoms with Gasteiger partial charge in [0.25, 0.3) is 0 Å². The Morgan fingerprint density at radius 2 is 2.53 bits per heavy atom. The van der Waals surface area contributed by atoms with Gasteiger partial charge < -0.3 is 10.5 Å². The average molecular weight is 255 g/mol. The van der Waals surface area contributed by atoms with Crippen LogP contribution in [0.5, 0.6) is 0 Å². The fraction of sp³-hybridized carbons (Fsp3) is 0.750. The first-order chi connectivity index (χ1) is 8.19. The minimum Gasteiger partial charge on any atom is -0.384 e. The monoisotopic (exact) mass is 255 g/mol. The third-order valence-corrected chi connectivity index (χ3v) is 4.21. The highest BCUT2D eigenvalue weighted by molar-refractivity contribution is 7.09. The van der Waals surface area contributed by atoms with Crippen LogP contribution in [0.3, 0.4) is 0 Å². The van der Waals surface area contributed by atoms with Crippen molar-refractivity contribution in [2.75, 3.05) is 26.8 Å². The molecule has 2 unspecified atom stereocenters. The Kier molecular flexibility index (Phi) is 4.50. The Morgan fingerprint density at radius 3 is 3.18 bits per heavy atom. The Morgan fingerprint density at radius 1 is 1.71 bits per heavy atom. The number of ether oxygens (including phenoxy) is 1. The van der Waals surface area contributed by atoms with E-state index in [4.69, 9.17) is 10.5 Å². The van der Waals surface area contributed by atoms with E-state index in [1.165, 1.54) is 6.42 Å². The summed E-state index contributed by atoms with van der Waals surface area (Å²) in [4.78, 5) is 7.01. The zero-order chi connectivity index (χ0) is 12.3. The van der Waals surface area contributed by atoms with Crippen molar-refractivity contribution >= 4 is 11.3 Å². The SMILES string of the molecule is COCC1CCN(Cc2csc(C(C)N)n2)C1. The highest BCUT2D eigenvalue weighted by atomic mass is 32.1. The molecule has 1 aliphatic heterocycles. The van der Waals surface area contributed by atoms with Gasteiger partial charge in [0.05, 0.1) is 18.3 Å². The van der Waals surface area contributed by atoms with Crippen LogP contribution >= 0.6 is 11.3 Å². The molecule has 4 nitrogen and oxygen atoms in total. The molecule has 0 aliphatic carbocycles. The Hall–Kier alpha value is -0.490. The molecule has 2 atom stereocenters. The van der Waals surface area contributed by atoms with E-state index >= 15 is 0 Å². The van der Waals surface area contributed by atoms with Gasteiger partial charge in [0, 0.05) is 25.6 Å². The number of aromatic nitrogens is 1. The van der Waals surface area contributed by atoms with Gasteiger partial charge in [0.1, 0.15) is 5.01 Å². The summed E-state index contributed by atoms with van der Waals surface area (Å²) in [5, 5.41) is 3.16. The number of rotatable bonds is 5. The summed E-state index contributed by atoms with van der Waals surface area (Å²) in [6.07, 6.45) is 1.23. The van der Waals surface area contributed by atoms with E-state index in [1.807, 2.05) is 6.92 Å². The van der Waals surface area contributed by atoms with E-state index in [-0.39, 0.29) is 6.04 Å². The first-order valence-electron chi connectivity index (χ1n) is 6.10. The molecule has 1 fully saturated rings. The first kappa shape index (κ1) is 13.0. The van der Waals surface area contributed by atoms with Crippen molar-refractivity contribution in [3.05, 3.63) is 16.1 Å². The fourth-order valence-corrected chi connectivity index (χ4v) is 3.03. The van der Waals surface area contributed by atoms with Gasteiger partial charge in [-0.1, -0.05) is 0 Å². The molecule has 1 saturated heterocycles. The molecular formula is C12H21N3OS. The lowest BCUT2D eigenvalue weighted by atomic mass is 10.1. The summed E-state index contributed by atoms with van der Waals surface area (Å²) >= 11 is 1.66. The van der Waals surface area contributed by atoms with Gasteiger partial charge in [0.2, 0.25) is 0 Å². The minimum absolute atomic E-state index is 0.0496. The van der Waals surface area contributed by atoms with Gasteiger partial charge in [-0.05, 0) is 25.8 Å². The minimum atomic E-state index is 0.0496. The number of hydrogen-bond acceptors (Lipinski definition) is 5. The molecule has 0 aromatic carbocycles. The number of thiazole rings is 1. The lowest BCUT2D eigenvalue weighted by Gasteiger charge is -2.14. The van der Waals surface area contributed by atoms with Crippen LogP contribution in [0.4, 0.5) is 0 Å². The lowest BCUT2D eigenvalue weighted by molar-refractivity contribution is 0.152. The van der Waals surface area contributed by atoms with Gasteiger partial charge in [-0.15, -0.1) is 11.3 Å². The zero-order valence-corrected chi connectivity index (χ0v) is 11.4. The van der Waals surface area contributed by atoms with Crippen LogP contribution in [0.15, 0.2) is 5.38 Å². The largest absolute Gasteiger partial charge is 0.384 e. The van der Waals surface area contributed by atoms with Gasteiger partial charge in [-0.25, -0.2) is 4.98 Å². The van der Waals surface area contributed by atoms with Crippen molar-refractivity contribution in [2.45, 2.75) is 25.9 Å². The third-order valence-electron chi connectivity index (χ3n) is 3.12. The molecule has 17 heavy (non-hydrogen) atoms. The van der Waals surface area contributed by atoms with Gasteiger partial charge in [-0.2, -0.15) is 0 Å². The van der Waals surface area contributed by atoms with Crippen LogP contribution in [-0.4, -0.2) is 36.7 Å². The normalized spacial score (nSPS) is 23.1. The molecule has 2 heterocycles. The van der Waals surface area contributed by atoms with Crippen molar-refractivity contribution in [2.24, 2.45) is 11.7 Å². The quantitative estimate of drug-likeness (QED) is 0.869. The van der Waals surface area contributed by atoms with Crippen molar-refractivity contribution in [3.63, 3.8) is 0 Å². The molecule has 1 aromatic rings. The predicted octanol–water partition coefficient (Wildman–Crippen LogP) is 1.63. The van der Waals surface area contributed by atoms with Crippen LogP contribution in [0.1, 0.15) is 30.1 Å². The second-order valence-corrected chi connectivity index (χ2v) is 5.70. The maximum atomic E-state index is 5.81. The Bertz CT molecular complexity index is 353. The number of likely N-dealkylation sites (tertiary alicyclic amines) is 1. The van der Waals surface area contributed by atoms with Gasteiger partial charge >= 0.3 is 0 Å². The second kappa shape index (κ2) is 5.91. The van der Waals surface area contributed by atoms with Gasteiger partial charge in [-0.3, -0.25) is 4.90 Å². The number of nitrogens with zero attached hydrogens (tertiary/aromatic N) is 2. The maximum Gasteiger partial charge on any atom is 0.109 e.